The molecule has 3 rings (SSSR count). The van der Waals surface area contributed by atoms with Crippen LogP contribution in [0.3, 0.4) is 0 Å². The lowest BCUT2D eigenvalue weighted by atomic mass is 10.3. The van der Waals surface area contributed by atoms with Crippen molar-refractivity contribution in [2.75, 3.05) is 26.3 Å². The van der Waals surface area contributed by atoms with Crippen LogP contribution in [0.4, 0.5) is 10.7 Å². The number of rotatable bonds is 1. The van der Waals surface area contributed by atoms with Crippen molar-refractivity contribution < 1.29 is 9.53 Å². The van der Waals surface area contributed by atoms with Gasteiger partial charge in [-0.3, -0.25) is 9.88 Å². The highest BCUT2D eigenvalue weighted by molar-refractivity contribution is 6.12. The third-order valence-corrected chi connectivity index (χ3v) is 4.03. The molecule has 112 valence electrons. The minimum absolute atomic E-state index is 0.0276. The molecule has 7 heteroatoms. The first kappa shape index (κ1) is 14.0. The number of imidazole rings is 1. The van der Waals surface area contributed by atoms with Gasteiger partial charge in [-0.1, -0.05) is 0 Å². The smallest absolute Gasteiger partial charge is 0.378 e. The molecule has 1 aromatic rings. The average molecular weight is 290 g/mol. The number of urea groups is 1. The van der Waals surface area contributed by atoms with Crippen molar-refractivity contribution in [3.63, 3.8) is 0 Å². The number of carbonyl (C=O) groups is 1. The van der Waals surface area contributed by atoms with Gasteiger partial charge in [-0.25, -0.2) is 9.79 Å². The number of H-pyrrole nitrogens is 1. The summed E-state index contributed by atoms with van der Waals surface area (Å²) < 4.78 is 5.28. The van der Waals surface area contributed by atoms with Crippen molar-refractivity contribution in [2.45, 2.75) is 20.8 Å². The van der Waals surface area contributed by atoms with E-state index in [2.05, 4.69) is 15.0 Å². The van der Waals surface area contributed by atoms with Gasteiger partial charge in [0.05, 0.1) is 25.6 Å². The number of aromatic amines is 1. The van der Waals surface area contributed by atoms with E-state index in [-0.39, 0.29) is 10.5 Å². The maximum atomic E-state index is 13.2. The van der Waals surface area contributed by atoms with Crippen LogP contribution in [0.15, 0.2) is 23.1 Å². The minimum atomic E-state index is -0.0617. The molecular weight excluding hydrogens is 270 g/mol. The van der Waals surface area contributed by atoms with Gasteiger partial charge in [-0.05, 0) is 6.92 Å². The van der Waals surface area contributed by atoms with Crippen LogP contribution < -0.4 is 4.48 Å². The van der Waals surface area contributed by atoms with Crippen molar-refractivity contribution in [3.8, 4) is 0 Å². The summed E-state index contributed by atoms with van der Waals surface area (Å²) >= 11 is 0. The lowest BCUT2D eigenvalue weighted by Gasteiger charge is -2.35. The second kappa shape index (κ2) is 5.09. The van der Waals surface area contributed by atoms with Crippen molar-refractivity contribution >= 4 is 17.8 Å². The Balaban J connectivity index is 2.07. The van der Waals surface area contributed by atoms with Gasteiger partial charge in [-0.15, -0.1) is 4.48 Å². The summed E-state index contributed by atoms with van der Waals surface area (Å²) in [7, 11) is 0. The number of hydrogen-bond acceptors (Lipinski definition) is 4. The van der Waals surface area contributed by atoms with Crippen molar-refractivity contribution in [1.29, 1.82) is 0 Å². The number of hydrogen-bond donors (Lipinski definition) is 1. The number of amidine groups is 1. The molecule has 2 amide bonds. The number of ether oxygens (including phenoxy) is 1. The minimum Gasteiger partial charge on any atom is -0.378 e. The lowest BCUT2D eigenvalue weighted by molar-refractivity contribution is 0.0495. The fourth-order valence-electron chi connectivity index (χ4n) is 2.85. The van der Waals surface area contributed by atoms with Gasteiger partial charge >= 0.3 is 12.0 Å². The molecule has 1 atom stereocenters. The summed E-state index contributed by atoms with van der Waals surface area (Å²) in [4.78, 5) is 27.0. The Morgan fingerprint density at radius 1 is 1.33 bits per heavy atom. The zero-order valence-electron chi connectivity index (χ0n) is 12.6. The fraction of sp³-hybridized carbons (Fsp3) is 0.500. The van der Waals surface area contributed by atoms with Gasteiger partial charge < -0.3 is 4.74 Å². The summed E-state index contributed by atoms with van der Waals surface area (Å²) in [5, 5.41) is 0. The van der Waals surface area contributed by atoms with E-state index >= 15 is 0 Å². The Morgan fingerprint density at radius 3 is 2.57 bits per heavy atom. The molecule has 1 N–H and O–H groups in total. The molecule has 0 bridgehead atoms. The molecule has 0 saturated carbocycles. The molecule has 21 heavy (non-hydrogen) atoms. The SMILES string of the molecule is CC1=CN=C(C)[N+]1(C(=O)N1CCOCC1)c1ncc(C)[nH]1. The number of quaternary nitrogens is 1. The third kappa shape index (κ3) is 2.00. The fourth-order valence-corrected chi connectivity index (χ4v) is 2.85. The Kier molecular flexibility index (Phi) is 3.38. The number of nitrogens with one attached hydrogen (secondary N) is 1. The first-order valence-corrected chi connectivity index (χ1v) is 7.07. The highest BCUT2D eigenvalue weighted by atomic mass is 16.5. The number of nitrogens with zero attached hydrogens (tertiary/aromatic N) is 4. The van der Waals surface area contributed by atoms with Gasteiger partial charge in [0.15, 0.2) is 0 Å². The van der Waals surface area contributed by atoms with Gasteiger partial charge in [0, 0.05) is 32.6 Å². The number of aromatic nitrogens is 2. The standard InChI is InChI=1S/C14H20N5O2/c1-10-8-16-13(17-10)19(11(2)9-15-12(19)3)14(20)18-4-6-21-7-5-18/h8-9H,4-7H2,1-3H3,(H,16,17)/q+1. The average Bonchev–Trinajstić information content (AvgIpc) is 3.04. The predicted octanol–water partition coefficient (Wildman–Crippen LogP) is 1.77. The highest BCUT2D eigenvalue weighted by Gasteiger charge is 2.53. The quantitative estimate of drug-likeness (QED) is 0.801. The monoisotopic (exact) mass is 290 g/mol. The van der Waals surface area contributed by atoms with E-state index in [1.54, 1.807) is 12.4 Å². The summed E-state index contributed by atoms with van der Waals surface area (Å²) in [6, 6.07) is -0.0276. The van der Waals surface area contributed by atoms with Gasteiger partial charge in [0.2, 0.25) is 5.84 Å². The molecule has 7 nitrogen and oxygen atoms in total. The topological polar surface area (TPSA) is 70.6 Å². The van der Waals surface area contributed by atoms with E-state index in [0.717, 1.165) is 11.4 Å². The number of carbonyl (C=O) groups excluding carboxylic acids is 1. The summed E-state index contributed by atoms with van der Waals surface area (Å²) in [5.74, 6) is 1.30. The normalized spacial score (nSPS) is 25.8. The van der Waals surface area contributed by atoms with Crippen LogP contribution in [-0.2, 0) is 4.74 Å². The molecule has 1 aromatic heterocycles. The van der Waals surface area contributed by atoms with Crippen molar-refractivity contribution in [2.24, 2.45) is 4.99 Å². The van der Waals surface area contributed by atoms with E-state index in [1.807, 2.05) is 25.7 Å². The van der Waals surface area contributed by atoms with Crippen LogP contribution in [0.25, 0.3) is 0 Å². The van der Waals surface area contributed by atoms with Crippen LogP contribution in [0, 0.1) is 6.92 Å². The van der Waals surface area contributed by atoms with E-state index in [0.29, 0.717) is 38.1 Å². The molecule has 1 unspecified atom stereocenters. The summed E-state index contributed by atoms with van der Waals surface area (Å²) in [6.45, 7) is 8.04. The molecule has 2 aliphatic rings. The first-order chi connectivity index (χ1) is 10.1. The number of amides is 2. The lowest BCUT2D eigenvalue weighted by Crippen LogP contribution is -2.62. The van der Waals surface area contributed by atoms with Crippen molar-refractivity contribution in [3.05, 3.63) is 23.8 Å². The van der Waals surface area contributed by atoms with Crippen LogP contribution in [0.2, 0.25) is 0 Å². The van der Waals surface area contributed by atoms with Crippen LogP contribution in [0.1, 0.15) is 19.5 Å². The number of morpholine rings is 1. The molecule has 2 aliphatic heterocycles. The van der Waals surface area contributed by atoms with E-state index in [9.17, 15) is 4.79 Å². The molecule has 0 spiro atoms. The molecule has 3 heterocycles. The Hall–Kier alpha value is -1.99. The maximum absolute atomic E-state index is 13.2. The zero-order chi connectivity index (χ0) is 15.0. The number of aryl methyl sites for hydroxylation is 1. The highest BCUT2D eigenvalue weighted by Crippen LogP contribution is 2.33. The Bertz CT molecular complexity index is 607. The molecule has 0 radical (unpaired) electrons. The van der Waals surface area contributed by atoms with E-state index < -0.39 is 0 Å². The maximum Gasteiger partial charge on any atom is 0.438 e. The van der Waals surface area contributed by atoms with Gasteiger partial charge in [-0.2, -0.15) is 4.98 Å². The molecule has 0 aromatic carbocycles. The molecule has 0 aliphatic carbocycles. The number of aliphatic imine (C=N–C) groups is 1. The Morgan fingerprint density at radius 2 is 2.05 bits per heavy atom. The third-order valence-electron chi connectivity index (χ3n) is 4.03. The second-order valence-electron chi connectivity index (χ2n) is 5.39. The van der Waals surface area contributed by atoms with Crippen LogP contribution in [0.5, 0.6) is 0 Å². The summed E-state index contributed by atoms with van der Waals surface area (Å²) in [5.41, 5.74) is 1.77. The largest absolute Gasteiger partial charge is 0.438 e. The second-order valence-corrected chi connectivity index (χ2v) is 5.39. The van der Waals surface area contributed by atoms with Crippen molar-refractivity contribution in [1.82, 2.24) is 19.4 Å². The molecule has 1 fully saturated rings. The van der Waals surface area contributed by atoms with Crippen LogP contribution >= 0.6 is 0 Å². The predicted molar refractivity (Wildman–Crippen MR) is 79.8 cm³/mol. The zero-order valence-corrected chi connectivity index (χ0v) is 12.6. The summed E-state index contributed by atoms with van der Waals surface area (Å²) in [6.07, 6.45) is 3.48. The number of allylic oxidation sites excluding steroid dienone is 1. The van der Waals surface area contributed by atoms with Gasteiger partial charge in [0.25, 0.3) is 0 Å². The van der Waals surface area contributed by atoms with Gasteiger partial charge in [0.1, 0.15) is 5.70 Å². The Labute approximate surface area is 123 Å². The van der Waals surface area contributed by atoms with Crippen LogP contribution in [-0.4, -0.2) is 53.0 Å². The van der Waals surface area contributed by atoms with E-state index in [1.165, 1.54) is 0 Å². The van der Waals surface area contributed by atoms with E-state index in [4.69, 9.17) is 4.74 Å². The first-order valence-electron chi connectivity index (χ1n) is 7.07. The molecule has 1 saturated heterocycles. The molecular formula is C14H20N5O2+.